The standard InChI is InChI=1S/C19H19N3O2/c1-19(2,3)14-11-17(23)22-16-10-12(7-8-13(14)16)21-18(24)15-6-4-5-9-20-15/h4-11,13H,1-3H3,(H,22,23). The lowest BCUT2D eigenvalue weighted by molar-refractivity contribution is -0.116. The van der Waals surface area contributed by atoms with Crippen molar-refractivity contribution >= 4 is 17.5 Å². The number of carbonyl (C=O) groups is 2. The van der Waals surface area contributed by atoms with Gasteiger partial charge in [0.2, 0.25) is 5.91 Å². The second-order valence-electron chi connectivity index (χ2n) is 6.83. The Hall–Kier alpha value is -2.82. The number of hydrogen-bond acceptors (Lipinski definition) is 3. The van der Waals surface area contributed by atoms with E-state index in [0.717, 1.165) is 11.3 Å². The van der Waals surface area contributed by atoms with E-state index in [1.807, 2.05) is 12.2 Å². The first-order valence-corrected chi connectivity index (χ1v) is 7.81. The number of pyridine rings is 1. The van der Waals surface area contributed by atoms with E-state index in [-0.39, 0.29) is 17.2 Å². The average molecular weight is 321 g/mol. The maximum atomic E-state index is 12.1. The van der Waals surface area contributed by atoms with E-state index in [0.29, 0.717) is 11.4 Å². The van der Waals surface area contributed by atoms with Crippen LogP contribution in [0.5, 0.6) is 0 Å². The number of hydrogen-bond donors (Lipinski definition) is 1. The quantitative estimate of drug-likeness (QED) is 0.864. The summed E-state index contributed by atoms with van der Waals surface area (Å²) in [6.07, 6.45) is 8.75. The number of carbonyl (C=O) groups excluding carboxylic acids is 2. The van der Waals surface area contributed by atoms with Gasteiger partial charge in [-0.2, -0.15) is 0 Å². The number of rotatable bonds is 1. The molecule has 0 saturated carbocycles. The lowest BCUT2D eigenvalue weighted by Gasteiger charge is -2.34. The summed E-state index contributed by atoms with van der Waals surface area (Å²) in [5, 5.41) is 2.85. The summed E-state index contributed by atoms with van der Waals surface area (Å²) in [5.74, 6) is -0.543. The molecule has 0 spiro atoms. The van der Waals surface area contributed by atoms with Crippen molar-refractivity contribution in [2.45, 2.75) is 20.8 Å². The first-order chi connectivity index (χ1) is 11.3. The van der Waals surface area contributed by atoms with E-state index in [9.17, 15) is 9.59 Å². The highest BCUT2D eigenvalue weighted by atomic mass is 16.2. The van der Waals surface area contributed by atoms with Gasteiger partial charge in [0, 0.05) is 23.9 Å². The zero-order valence-electron chi connectivity index (χ0n) is 13.9. The van der Waals surface area contributed by atoms with Crippen molar-refractivity contribution in [1.82, 2.24) is 10.3 Å². The number of fused-ring (bicyclic) bond motifs is 1. The van der Waals surface area contributed by atoms with Crippen LogP contribution in [0.4, 0.5) is 0 Å². The summed E-state index contributed by atoms with van der Waals surface area (Å²) in [5.41, 5.74) is 2.48. The largest absolute Gasteiger partial charge is 0.325 e. The van der Waals surface area contributed by atoms with Crippen LogP contribution in [-0.2, 0) is 4.79 Å². The number of nitrogens with one attached hydrogen (secondary N) is 1. The van der Waals surface area contributed by atoms with Crippen LogP contribution >= 0.6 is 0 Å². The van der Waals surface area contributed by atoms with E-state index in [4.69, 9.17) is 0 Å². The van der Waals surface area contributed by atoms with Gasteiger partial charge in [-0.25, -0.2) is 4.99 Å². The smallest absolute Gasteiger partial charge is 0.296 e. The van der Waals surface area contributed by atoms with Crippen molar-refractivity contribution in [2.24, 2.45) is 16.3 Å². The Morgan fingerprint density at radius 1 is 1.25 bits per heavy atom. The normalized spacial score (nSPS) is 21.7. The molecule has 2 heterocycles. The van der Waals surface area contributed by atoms with Crippen LogP contribution < -0.4 is 5.32 Å². The topological polar surface area (TPSA) is 71.4 Å². The maximum absolute atomic E-state index is 12.1. The second-order valence-corrected chi connectivity index (χ2v) is 6.83. The molecule has 5 nitrogen and oxygen atoms in total. The van der Waals surface area contributed by atoms with Crippen LogP contribution in [0.15, 0.2) is 65.0 Å². The van der Waals surface area contributed by atoms with Gasteiger partial charge < -0.3 is 5.32 Å². The number of aromatic nitrogens is 1. The SMILES string of the molecule is CC(C)(C)C1=CC(=O)NC2=CC(=NC(=O)c3ccccn3)C=CC21. The highest BCUT2D eigenvalue weighted by molar-refractivity contribution is 6.13. The Balaban J connectivity index is 1.90. The molecule has 1 aromatic heterocycles. The van der Waals surface area contributed by atoms with Crippen LogP contribution in [0.25, 0.3) is 0 Å². The first-order valence-electron chi connectivity index (χ1n) is 7.81. The Labute approximate surface area is 140 Å². The van der Waals surface area contributed by atoms with Crippen molar-refractivity contribution < 1.29 is 9.59 Å². The molecule has 0 fully saturated rings. The Kier molecular flexibility index (Phi) is 4.01. The molecule has 3 rings (SSSR count). The molecule has 1 atom stereocenters. The Morgan fingerprint density at radius 3 is 2.71 bits per heavy atom. The molecule has 0 saturated heterocycles. The van der Waals surface area contributed by atoms with E-state index < -0.39 is 5.91 Å². The fraction of sp³-hybridized carbons (Fsp3) is 0.263. The average Bonchev–Trinajstić information content (AvgIpc) is 2.53. The first kappa shape index (κ1) is 16.1. The fourth-order valence-electron chi connectivity index (χ4n) is 2.81. The summed E-state index contributed by atoms with van der Waals surface area (Å²) < 4.78 is 0. The van der Waals surface area contributed by atoms with Crippen LogP contribution in [0.2, 0.25) is 0 Å². The summed E-state index contributed by atoms with van der Waals surface area (Å²) >= 11 is 0. The van der Waals surface area contributed by atoms with Crippen molar-refractivity contribution in [3.8, 4) is 0 Å². The van der Waals surface area contributed by atoms with Crippen molar-refractivity contribution in [1.29, 1.82) is 0 Å². The molecule has 0 radical (unpaired) electrons. The minimum absolute atomic E-state index is 0.00611. The van der Waals surface area contributed by atoms with Gasteiger partial charge in [-0.3, -0.25) is 14.6 Å². The molecule has 2 amide bonds. The number of aliphatic imine (C=N–C) groups is 1. The van der Waals surface area contributed by atoms with Gasteiger partial charge in [0.05, 0.1) is 5.71 Å². The Morgan fingerprint density at radius 2 is 2.04 bits per heavy atom. The third kappa shape index (κ3) is 3.25. The van der Waals surface area contributed by atoms with Gasteiger partial charge in [-0.1, -0.05) is 32.9 Å². The minimum atomic E-state index is -0.403. The van der Waals surface area contributed by atoms with Crippen LogP contribution in [0, 0.1) is 11.3 Å². The molecule has 5 heteroatoms. The van der Waals surface area contributed by atoms with Gasteiger partial charge in [0.1, 0.15) is 5.69 Å². The molecule has 1 aromatic rings. The summed E-state index contributed by atoms with van der Waals surface area (Å²) in [6.45, 7) is 6.24. The molecule has 0 bridgehead atoms. The van der Waals surface area contributed by atoms with Crippen molar-refractivity contribution in [2.75, 3.05) is 0 Å². The maximum Gasteiger partial charge on any atom is 0.296 e. The number of nitrogens with zero attached hydrogens (tertiary/aromatic N) is 2. The molecule has 1 unspecified atom stereocenters. The molecule has 2 aliphatic rings. The van der Waals surface area contributed by atoms with Crippen LogP contribution in [0.3, 0.4) is 0 Å². The highest BCUT2D eigenvalue weighted by Crippen LogP contribution is 2.38. The third-order valence-corrected chi connectivity index (χ3v) is 3.97. The summed E-state index contributed by atoms with van der Waals surface area (Å²) in [7, 11) is 0. The highest BCUT2D eigenvalue weighted by Gasteiger charge is 2.32. The summed E-state index contributed by atoms with van der Waals surface area (Å²) in [4.78, 5) is 32.2. The zero-order valence-corrected chi connectivity index (χ0v) is 13.9. The Bertz CT molecular complexity index is 809. The molecule has 122 valence electrons. The molecule has 1 aliphatic carbocycles. The van der Waals surface area contributed by atoms with Gasteiger partial charge in [0.15, 0.2) is 0 Å². The van der Waals surface area contributed by atoms with Crippen molar-refractivity contribution in [3.05, 3.63) is 65.7 Å². The van der Waals surface area contributed by atoms with Crippen LogP contribution in [-0.4, -0.2) is 22.5 Å². The fourth-order valence-corrected chi connectivity index (χ4v) is 2.81. The molecule has 24 heavy (non-hydrogen) atoms. The lowest BCUT2D eigenvalue weighted by atomic mass is 9.74. The number of allylic oxidation sites excluding steroid dienone is 3. The monoisotopic (exact) mass is 321 g/mol. The molecule has 1 N–H and O–H groups in total. The second kappa shape index (κ2) is 6.00. The number of amides is 2. The predicted octanol–water partition coefficient (Wildman–Crippen LogP) is 2.84. The van der Waals surface area contributed by atoms with Gasteiger partial charge in [-0.15, -0.1) is 0 Å². The van der Waals surface area contributed by atoms with Gasteiger partial charge >= 0.3 is 0 Å². The van der Waals surface area contributed by atoms with E-state index in [2.05, 4.69) is 36.1 Å². The van der Waals surface area contributed by atoms with Crippen LogP contribution in [0.1, 0.15) is 31.3 Å². The van der Waals surface area contributed by atoms with Crippen molar-refractivity contribution in [3.63, 3.8) is 0 Å². The molecular weight excluding hydrogens is 302 g/mol. The molecule has 1 aliphatic heterocycles. The van der Waals surface area contributed by atoms with E-state index in [1.54, 1.807) is 36.5 Å². The van der Waals surface area contributed by atoms with E-state index in [1.165, 1.54) is 0 Å². The van der Waals surface area contributed by atoms with Gasteiger partial charge in [0.25, 0.3) is 5.91 Å². The van der Waals surface area contributed by atoms with Gasteiger partial charge in [-0.05, 0) is 35.3 Å². The molecular formula is C19H19N3O2. The predicted molar refractivity (Wildman–Crippen MR) is 92.4 cm³/mol. The van der Waals surface area contributed by atoms with E-state index >= 15 is 0 Å². The zero-order chi connectivity index (χ0) is 17.3. The molecule has 0 aromatic carbocycles. The minimum Gasteiger partial charge on any atom is -0.325 e. The summed E-state index contributed by atoms with van der Waals surface area (Å²) in [6, 6.07) is 5.11. The lowest BCUT2D eigenvalue weighted by Crippen LogP contribution is -2.36. The third-order valence-electron chi connectivity index (χ3n) is 3.97.